The molecule has 13 heavy (non-hydrogen) atoms. The number of alkyl halides is 1. The van der Waals surface area contributed by atoms with Gasteiger partial charge in [0.05, 0.1) is 5.92 Å². The molecular weight excluding hydrogens is 236 g/mol. The summed E-state index contributed by atoms with van der Waals surface area (Å²) < 4.78 is 3.91. The molecule has 4 atom stereocenters. The molecule has 1 saturated heterocycles. The first-order valence-electron chi connectivity index (χ1n) is 4.27. The second-order valence-corrected chi connectivity index (χ2v) is 5.16. The summed E-state index contributed by atoms with van der Waals surface area (Å²) in [6, 6.07) is 0. The van der Waals surface area contributed by atoms with Crippen molar-refractivity contribution >= 4 is 27.9 Å². The van der Waals surface area contributed by atoms with Gasteiger partial charge in [0.1, 0.15) is 4.32 Å². The summed E-state index contributed by atoms with van der Waals surface area (Å²) in [5, 5.41) is 0. The second-order valence-electron chi connectivity index (χ2n) is 3.85. The topological polar surface area (TPSA) is 43.4 Å². The molecule has 0 N–H and O–H groups in total. The normalized spacial score (nSPS) is 51.3. The van der Waals surface area contributed by atoms with Crippen molar-refractivity contribution in [3.8, 4) is 0 Å². The molecule has 3 nitrogen and oxygen atoms in total. The van der Waals surface area contributed by atoms with Gasteiger partial charge in [-0.3, -0.25) is 4.79 Å². The van der Waals surface area contributed by atoms with Crippen LogP contribution < -0.4 is 0 Å². The standard InChI is InChI=1S/C9H7BrO3/c10-9-5-2-1-4(3-5)6(9)7(11)13-8(9)12/h1-2,4-6H,3H2/t4-,5+,6+,9+/m1/s1. The highest BCUT2D eigenvalue weighted by Crippen LogP contribution is 2.58. The van der Waals surface area contributed by atoms with Crippen LogP contribution in [0.3, 0.4) is 0 Å². The van der Waals surface area contributed by atoms with Crippen molar-refractivity contribution in [1.82, 2.24) is 0 Å². The summed E-state index contributed by atoms with van der Waals surface area (Å²) in [4.78, 5) is 22.8. The van der Waals surface area contributed by atoms with Crippen molar-refractivity contribution in [2.75, 3.05) is 0 Å². The fourth-order valence-electron chi connectivity index (χ4n) is 2.69. The molecule has 0 spiro atoms. The predicted molar refractivity (Wildman–Crippen MR) is 47.0 cm³/mol. The molecule has 0 aromatic carbocycles. The van der Waals surface area contributed by atoms with Gasteiger partial charge >= 0.3 is 11.9 Å². The summed E-state index contributed by atoms with van der Waals surface area (Å²) in [6.07, 6.45) is 4.93. The quantitative estimate of drug-likeness (QED) is 0.276. The molecule has 2 aliphatic carbocycles. The Morgan fingerprint density at radius 2 is 2.23 bits per heavy atom. The number of ether oxygens (including phenoxy) is 1. The molecule has 2 fully saturated rings. The Labute approximate surface area is 83.3 Å². The van der Waals surface area contributed by atoms with Crippen LogP contribution in [0.15, 0.2) is 12.2 Å². The van der Waals surface area contributed by atoms with Crippen LogP contribution in [0.2, 0.25) is 0 Å². The minimum absolute atomic E-state index is 0.140. The van der Waals surface area contributed by atoms with Crippen LogP contribution in [0.5, 0.6) is 0 Å². The largest absolute Gasteiger partial charge is 0.392 e. The summed E-state index contributed by atoms with van der Waals surface area (Å²) in [5.74, 6) is -0.710. The average molecular weight is 243 g/mol. The van der Waals surface area contributed by atoms with Crippen LogP contribution in [0.25, 0.3) is 0 Å². The number of hydrogen-bond acceptors (Lipinski definition) is 3. The second kappa shape index (κ2) is 2.05. The van der Waals surface area contributed by atoms with Gasteiger partial charge in [0.2, 0.25) is 0 Å². The first-order valence-corrected chi connectivity index (χ1v) is 5.06. The highest BCUT2D eigenvalue weighted by Gasteiger charge is 2.68. The summed E-state index contributed by atoms with van der Waals surface area (Å²) in [6.45, 7) is 0. The minimum atomic E-state index is -0.733. The highest BCUT2D eigenvalue weighted by molar-refractivity contribution is 9.10. The molecule has 4 heteroatoms. The van der Waals surface area contributed by atoms with Gasteiger partial charge in [0, 0.05) is 5.92 Å². The van der Waals surface area contributed by atoms with E-state index < -0.39 is 10.3 Å². The molecule has 0 aromatic rings. The maximum atomic E-state index is 11.5. The Kier molecular flexibility index (Phi) is 1.22. The monoisotopic (exact) mass is 242 g/mol. The van der Waals surface area contributed by atoms with E-state index in [0.29, 0.717) is 0 Å². The lowest BCUT2D eigenvalue weighted by Crippen LogP contribution is -2.38. The molecule has 68 valence electrons. The molecule has 3 aliphatic rings. The lowest BCUT2D eigenvalue weighted by atomic mass is 9.85. The zero-order valence-corrected chi connectivity index (χ0v) is 8.28. The van der Waals surface area contributed by atoms with E-state index in [1.54, 1.807) is 0 Å². The van der Waals surface area contributed by atoms with Crippen LogP contribution in [-0.2, 0) is 14.3 Å². The zero-order chi connectivity index (χ0) is 9.22. The molecular formula is C9H7BrO3. The van der Waals surface area contributed by atoms with E-state index in [-0.39, 0.29) is 23.7 Å². The van der Waals surface area contributed by atoms with Crippen molar-refractivity contribution in [2.24, 2.45) is 17.8 Å². The van der Waals surface area contributed by atoms with E-state index in [4.69, 9.17) is 0 Å². The summed E-state index contributed by atoms with van der Waals surface area (Å²) in [7, 11) is 0. The number of carbonyl (C=O) groups is 2. The van der Waals surface area contributed by atoms with Crippen molar-refractivity contribution in [2.45, 2.75) is 10.7 Å². The SMILES string of the molecule is O=C1OC(=O)[C@@]2(Br)[C@H]1[C@@H]1C=C[C@H]2C1. The minimum Gasteiger partial charge on any atom is -0.392 e. The zero-order valence-electron chi connectivity index (χ0n) is 6.70. The van der Waals surface area contributed by atoms with E-state index in [9.17, 15) is 9.59 Å². The van der Waals surface area contributed by atoms with Gasteiger partial charge in [-0.2, -0.15) is 0 Å². The number of fused-ring (bicyclic) bond motifs is 5. The van der Waals surface area contributed by atoms with Crippen LogP contribution in [0, 0.1) is 17.8 Å². The van der Waals surface area contributed by atoms with E-state index in [2.05, 4.69) is 20.7 Å². The Bertz CT molecular complexity index is 349. The van der Waals surface area contributed by atoms with Crippen molar-refractivity contribution < 1.29 is 14.3 Å². The number of halogens is 1. The molecule has 3 rings (SSSR count). The van der Waals surface area contributed by atoms with E-state index >= 15 is 0 Å². The Morgan fingerprint density at radius 1 is 1.46 bits per heavy atom. The number of esters is 2. The number of cyclic esters (lactones) is 2. The summed E-state index contributed by atoms with van der Waals surface area (Å²) >= 11 is 3.39. The van der Waals surface area contributed by atoms with Gasteiger partial charge in [0.25, 0.3) is 0 Å². The van der Waals surface area contributed by atoms with E-state index in [1.807, 2.05) is 12.2 Å². The molecule has 0 amide bonds. The molecule has 1 saturated carbocycles. The van der Waals surface area contributed by atoms with Gasteiger partial charge in [0.15, 0.2) is 0 Å². The van der Waals surface area contributed by atoms with Crippen molar-refractivity contribution in [1.29, 1.82) is 0 Å². The molecule has 0 radical (unpaired) electrons. The molecule has 1 aliphatic heterocycles. The maximum absolute atomic E-state index is 11.5. The van der Waals surface area contributed by atoms with Gasteiger partial charge in [-0.1, -0.05) is 28.1 Å². The summed E-state index contributed by atoms with van der Waals surface area (Å²) in [5.41, 5.74) is 0. The first kappa shape index (κ1) is 7.74. The number of hydrogen-bond donors (Lipinski definition) is 0. The first-order chi connectivity index (χ1) is 6.14. The fourth-order valence-corrected chi connectivity index (χ4v) is 3.63. The predicted octanol–water partition coefficient (Wildman–Crippen LogP) is 1.03. The van der Waals surface area contributed by atoms with Crippen LogP contribution in [0.4, 0.5) is 0 Å². The third-order valence-electron chi connectivity index (χ3n) is 3.30. The van der Waals surface area contributed by atoms with Crippen LogP contribution in [0.1, 0.15) is 6.42 Å². The molecule has 2 bridgehead atoms. The average Bonchev–Trinajstić information content (AvgIpc) is 2.66. The maximum Gasteiger partial charge on any atom is 0.332 e. The number of rotatable bonds is 0. The number of allylic oxidation sites excluding steroid dienone is 2. The van der Waals surface area contributed by atoms with Crippen LogP contribution >= 0.6 is 15.9 Å². The Balaban J connectivity index is 2.17. The van der Waals surface area contributed by atoms with Crippen molar-refractivity contribution in [3.05, 3.63) is 12.2 Å². The lowest BCUT2D eigenvalue weighted by Gasteiger charge is -2.23. The molecule has 1 heterocycles. The smallest absolute Gasteiger partial charge is 0.332 e. The van der Waals surface area contributed by atoms with Gasteiger partial charge in [-0.25, -0.2) is 4.79 Å². The Morgan fingerprint density at radius 3 is 2.92 bits per heavy atom. The van der Waals surface area contributed by atoms with Gasteiger partial charge in [-0.05, 0) is 12.3 Å². The van der Waals surface area contributed by atoms with E-state index in [0.717, 1.165) is 6.42 Å². The van der Waals surface area contributed by atoms with Crippen LogP contribution in [-0.4, -0.2) is 16.3 Å². The third kappa shape index (κ3) is 0.676. The fraction of sp³-hybridized carbons (Fsp3) is 0.556. The number of carbonyl (C=O) groups excluding carboxylic acids is 2. The molecule has 0 aromatic heterocycles. The van der Waals surface area contributed by atoms with Crippen molar-refractivity contribution in [3.63, 3.8) is 0 Å². The van der Waals surface area contributed by atoms with E-state index in [1.165, 1.54) is 0 Å². The van der Waals surface area contributed by atoms with Gasteiger partial charge in [-0.15, -0.1) is 0 Å². The van der Waals surface area contributed by atoms with Gasteiger partial charge < -0.3 is 4.74 Å². The molecule has 0 unspecified atom stereocenters. The Hall–Kier alpha value is -0.640. The highest BCUT2D eigenvalue weighted by atomic mass is 79.9. The third-order valence-corrected chi connectivity index (χ3v) is 4.70. The lowest BCUT2D eigenvalue weighted by molar-refractivity contribution is -0.154.